The number of benzene rings is 1. The molecule has 0 bridgehead atoms. The lowest BCUT2D eigenvalue weighted by molar-refractivity contribution is -0.138. The number of carbonyl (C=O) groups is 1. The molecule has 0 saturated carbocycles. The van der Waals surface area contributed by atoms with Gasteiger partial charge in [-0.1, -0.05) is 13.0 Å². The second kappa shape index (κ2) is 7.44. The molecule has 2 aromatic rings. The Bertz CT molecular complexity index is 935. The van der Waals surface area contributed by atoms with E-state index in [9.17, 15) is 13.2 Å². The zero-order chi connectivity index (χ0) is 19.0. The Morgan fingerprint density at radius 1 is 1.15 bits per heavy atom. The number of nitrogens with zero attached hydrogens (tertiary/aromatic N) is 4. The van der Waals surface area contributed by atoms with Crippen molar-refractivity contribution in [3.8, 4) is 0 Å². The SMILES string of the molecule is C[C@H]1CCCN(C(=O)C2CCN(S(=O)(=O)c3cccc4nsnc34)CC2)C1. The number of rotatable bonds is 3. The highest BCUT2D eigenvalue weighted by Crippen LogP contribution is 2.29. The summed E-state index contributed by atoms with van der Waals surface area (Å²) in [4.78, 5) is 15.0. The fraction of sp³-hybridized carbons (Fsp3) is 0.611. The van der Waals surface area contributed by atoms with Crippen molar-refractivity contribution < 1.29 is 13.2 Å². The van der Waals surface area contributed by atoms with Crippen LogP contribution in [0.15, 0.2) is 23.1 Å². The molecule has 2 fully saturated rings. The number of likely N-dealkylation sites (tertiary alicyclic amines) is 1. The van der Waals surface area contributed by atoms with Gasteiger partial charge in [-0.2, -0.15) is 13.1 Å². The number of fused-ring (bicyclic) bond motifs is 1. The maximum atomic E-state index is 13.1. The Morgan fingerprint density at radius 2 is 1.93 bits per heavy atom. The molecule has 4 rings (SSSR count). The summed E-state index contributed by atoms with van der Waals surface area (Å²) in [5.74, 6) is 0.679. The van der Waals surface area contributed by atoms with Gasteiger partial charge >= 0.3 is 0 Å². The minimum atomic E-state index is -3.63. The van der Waals surface area contributed by atoms with Gasteiger partial charge in [-0.3, -0.25) is 4.79 Å². The molecule has 0 radical (unpaired) electrons. The van der Waals surface area contributed by atoms with Crippen LogP contribution in [0.2, 0.25) is 0 Å². The highest BCUT2D eigenvalue weighted by molar-refractivity contribution is 7.89. The van der Waals surface area contributed by atoms with E-state index in [2.05, 4.69) is 15.7 Å². The van der Waals surface area contributed by atoms with E-state index in [0.29, 0.717) is 42.9 Å². The molecule has 2 aliphatic heterocycles. The van der Waals surface area contributed by atoms with Crippen molar-refractivity contribution >= 4 is 38.7 Å². The van der Waals surface area contributed by atoms with Gasteiger partial charge < -0.3 is 4.90 Å². The fourth-order valence-corrected chi connectivity index (χ4v) is 6.34. The minimum Gasteiger partial charge on any atom is -0.342 e. The Morgan fingerprint density at radius 3 is 2.67 bits per heavy atom. The maximum absolute atomic E-state index is 13.1. The molecular formula is C18H24N4O3S2. The van der Waals surface area contributed by atoms with Crippen LogP contribution in [0.4, 0.5) is 0 Å². The van der Waals surface area contributed by atoms with Gasteiger partial charge in [-0.25, -0.2) is 8.42 Å². The normalized spacial score (nSPS) is 23.0. The van der Waals surface area contributed by atoms with Crippen LogP contribution < -0.4 is 0 Å². The summed E-state index contributed by atoms with van der Waals surface area (Å²) in [6.07, 6.45) is 3.39. The predicted molar refractivity (Wildman–Crippen MR) is 104 cm³/mol. The summed E-state index contributed by atoms with van der Waals surface area (Å²) < 4.78 is 35.9. The average molecular weight is 409 g/mol. The van der Waals surface area contributed by atoms with Crippen LogP contribution in [-0.2, 0) is 14.8 Å². The Balaban J connectivity index is 1.46. The van der Waals surface area contributed by atoms with Crippen molar-refractivity contribution in [1.29, 1.82) is 0 Å². The number of sulfonamides is 1. The van der Waals surface area contributed by atoms with Crippen molar-refractivity contribution in [3.63, 3.8) is 0 Å². The molecule has 1 amide bonds. The second-order valence-electron chi connectivity index (χ2n) is 7.60. The molecule has 0 unspecified atom stereocenters. The molecule has 9 heteroatoms. The van der Waals surface area contributed by atoms with Gasteiger partial charge in [0.25, 0.3) is 0 Å². The second-order valence-corrected chi connectivity index (χ2v) is 10.0. The van der Waals surface area contributed by atoms with Crippen LogP contribution in [0.3, 0.4) is 0 Å². The fourth-order valence-electron chi connectivity index (χ4n) is 4.12. The topological polar surface area (TPSA) is 83.5 Å². The van der Waals surface area contributed by atoms with Gasteiger partial charge in [-0.15, -0.1) is 0 Å². The van der Waals surface area contributed by atoms with Gasteiger partial charge in [0, 0.05) is 32.1 Å². The lowest BCUT2D eigenvalue weighted by Crippen LogP contribution is -2.46. The van der Waals surface area contributed by atoms with E-state index in [1.165, 1.54) is 10.7 Å². The first-order valence-corrected chi connectivity index (χ1v) is 11.6. The molecule has 2 saturated heterocycles. The summed E-state index contributed by atoms with van der Waals surface area (Å²) in [5.41, 5.74) is 1.04. The van der Waals surface area contributed by atoms with Crippen LogP contribution in [-0.4, -0.2) is 58.5 Å². The Hall–Kier alpha value is -1.58. The van der Waals surface area contributed by atoms with E-state index in [1.807, 2.05) is 4.90 Å². The van der Waals surface area contributed by atoms with Crippen molar-refractivity contribution in [1.82, 2.24) is 18.0 Å². The molecule has 0 aliphatic carbocycles. The number of hydrogen-bond acceptors (Lipinski definition) is 6. The molecule has 7 nitrogen and oxygen atoms in total. The highest BCUT2D eigenvalue weighted by atomic mass is 32.2. The van der Waals surface area contributed by atoms with Crippen molar-refractivity contribution in [3.05, 3.63) is 18.2 Å². The van der Waals surface area contributed by atoms with Gasteiger partial charge in [-0.05, 0) is 43.7 Å². The molecule has 1 aromatic carbocycles. The summed E-state index contributed by atoms with van der Waals surface area (Å²) in [5, 5.41) is 0. The number of aromatic nitrogens is 2. The quantitative estimate of drug-likeness (QED) is 0.778. The van der Waals surface area contributed by atoms with E-state index < -0.39 is 10.0 Å². The third-order valence-electron chi connectivity index (χ3n) is 5.64. The van der Waals surface area contributed by atoms with E-state index in [0.717, 1.165) is 31.2 Å². The molecule has 0 N–H and O–H groups in total. The predicted octanol–water partition coefficient (Wildman–Crippen LogP) is 2.35. The monoisotopic (exact) mass is 408 g/mol. The highest BCUT2D eigenvalue weighted by Gasteiger charge is 2.35. The number of amides is 1. The zero-order valence-corrected chi connectivity index (χ0v) is 17.0. The summed E-state index contributed by atoms with van der Waals surface area (Å²) in [7, 11) is -3.63. The number of carbonyl (C=O) groups excluding carboxylic acids is 1. The van der Waals surface area contributed by atoms with Gasteiger partial charge in [0.15, 0.2) is 0 Å². The molecule has 27 heavy (non-hydrogen) atoms. The van der Waals surface area contributed by atoms with Crippen molar-refractivity contribution in [2.24, 2.45) is 11.8 Å². The molecule has 1 atom stereocenters. The summed E-state index contributed by atoms with van der Waals surface area (Å²) >= 11 is 1.02. The first-order chi connectivity index (χ1) is 13.0. The van der Waals surface area contributed by atoms with Gasteiger partial charge in [0.05, 0.1) is 11.7 Å². The van der Waals surface area contributed by atoms with Crippen LogP contribution in [0.1, 0.15) is 32.6 Å². The average Bonchev–Trinajstić information content (AvgIpc) is 3.16. The molecule has 3 heterocycles. The van der Waals surface area contributed by atoms with E-state index in [4.69, 9.17) is 0 Å². The first-order valence-electron chi connectivity index (χ1n) is 9.47. The minimum absolute atomic E-state index is 0.0709. The lowest BCUT2D eigenvalue weighted by atomic mass is 9.93. The van der Waals surface area contributed by atoms with E-state index in [1.54, 1.807) is 18.2 Å². The maximum Gasteiger partial charge on any atom is 0.245 e. The van der Waals surface area contributed by atoms with Gasteiger partial charge in [0.2, 0.25) is 15.9 Å². The first kappa shape index (κ1) is 18.8. The van der Waals surface area contributed by atoms with E-state index in [-0.39, 0.29) is 16.7 Å². The van der Waals surface area contributed by atoms with Crippen LogP contribution in [0.5, 0.6) is 0 Å². The Kier molecular flexibility index (Phi) is 5.17. The Labute approximate surface area is 163 Å². The summed E-state index contributed by atoms with van der Waals surface area (Å²) in [6.45, 7) is 4.59. The molecule has 0 spiro atoms. The smallest absolute Gasteiger partial charge is 0.245 e. The van der Waals surface area contributed by atoms with Crippen molar-refractivity contribution in [2.45, 2.75) is 37.5 Å². The number of hydrogen-bond donors (Lipinski definition) is 0. The summed E-state index contributed by atoms with van der Waals surface area (Å²) in [6, 6.07) is 5.05. The van der Waals surface area contributed by atoms with Crippen LogP contribution in [0, 0.1) is 11.8 Å². The van der Waals surface area contributed by atoms with Crippen molar-refractivity contribution in [2.75, 3.05) is 26.2 Å². The van der Waals surface area contributed by atoms with E-state index >= 15 is 0 Å². The number of piperidine rings is 2. The van der Waals surface area contributed by atoms with Crippen LogP contribution in [0.25, 0.3) is 11.0 Å². The molecule has 1 aromatic heterocycles. The standard InChI is InChI=1S/C18H24N4O3S2/c1-13-4-3-9-21(12-13)18(23)14-7-10-22(11-8-14)27(24,25)16-6-2-5-15-17(16)20-26-19-15/h2,5-6,13-14H,3-4,7-12H2,1H3/t13-/m0/s1. The third kappa shape index (κ3) is 3.60. The largest absolute Gasteiger partial charge is 0.342 e. The van der Waals surface area contributed by atoms with Gasteiger partial charge in [0.1, 0.15) is 15.9 Å². The molecule has 146 valence electrons. The zero-order valence-electron chi connectivity index (χ0n) is 15.4. The lowest BCUT2D eigenvalue weighted by Gasteiger charge is -2.36. The third-order valence-corrected chi connectivity index (χ3v) is 8.11. The molecule has 2 aliphatic rings. The molecular weight excluding hydrogens is 384 g/mol. The van der Waals surface area contributed by atoms with Crippen LogP contribution >= 0.6 is 11.7 Å².